The monoisotopic (exact) mass is 260 g/mol. The summed E-state index contributed by atoms with van der Waals surface area (Å²) >= 11 is 0. The zero-order valence-corrected chi connectivity index (χ0v) is 11.1. The van der Waals surface area contributed by atoms with E-state index in [4.69, 9.17) is 15.6 Å². The molecule has 106 valence electrons. The third-order valence-corrected chi connectivity index (χ3v) is 2.90. The van der Waals surface area contributed by atoms with Crippen LogP contribution < -0.4 is 11.1 Å². The minimum absolute atomic E-state index is 0.0267. The van der Waals surface area contributed by atoms with Crippen molar-refractivity contribution < 1.29 is 19.4 Å². The number of carboxylic acids is 1. The van der Waals surface area contributed by atoms with Gasteiger partial charge in [-0.15, -0.1) is 0 Å². The molecule has 18 heavy (non-hydrogen) atoms. The van der Waals surface area contributed by atoms with Crippen molar-refractivity contribution in [3.8, 4) is 0 Å². The van der Waals surface area contributed by atoms with Crippen LogP contribution in [-0.4, -0.2) is 43.3 Å². The average molecular weight is 260 g/mol. The Hall–Kier alpha value is -1.14. The summed E-state index contributed by atoms with van der Waals surface area (Å²) in [7, 11) is 1.40. The van der Waals surface area contributed by atoms with Gasteiger partial charge in [-0.2, -0.15) is 0 Å². The molecule has 0 rings (SSSR count). The lowest BCUT2D eigenvalue weighted by Crippen LogP contribution is -2.43. The first-order valence-electron chi connectivity index (χ1n) is 6.26. The summed E-state index contributed by atoms with van der Waals surface area (Å²) in [5.74, 6) is -0.916. The van der Waals surface area contributed by atoms with E-state index in [-0.39, 0.29) is 12.5 Å². The first-order chi connectivity index (χ1) is 8.54. The van der Waals surface area contributed by atoms with Crippen molar-refractivity contribution in [3.05, 3.63) is 0 Å². The highest BCUT2D eigenvalue weighted by molar-refractivity contribution is 5.83. The van der Waals surface area contributed by atoms with E-state index in [0.717, 1.165) is 19.3 Å². The molecule has 0 fully saturated rings. The fourth-order valence-electron chi connectivity index (χ4n) is 1.73. The molecule has 4 N–H and O–H groups in total. The predicted octanol–water partition coefficient (Wildman–Crippen LogP) is 0.357. The van der Waals surface area contributed by atoms with Gasteiger partial charge in [-0.1, -0.05) is 13.3 Å². The molecule has 0 radical (unpaired) electrons. The van der Waals surface area contributed by atoms with E-state index >= 15 is 0 Å². The summed E-state index contributed by atoms with van der Waals surface area (Å²) < 4.78 is 4.74. The fraction of sp³-hybridized carbons (Fsp3) is 0.833. The fourth-order valence-corrected chi connectivity index (χ4v) is 1.73. The summed E-state index contributed by atoms with van der Waals surface area (Å²) in [5.41, 5.74) is 5.48. The second kappa shape index (κ2) is 9.85. The van der Waals surface area contributed by atoms with Crippen LogP contribution in [0.1, 0.15) is 32.6 Å². The number of carbonyl (C=O) groups excluding carboxylic acids is 1. The SMILES string of the molecule is CCC(CCN)CCC(=O)NC(COC)C(=O)O. The van der Waals surface area contributed by atoms with E-state index in [1.807, 2.05) is 0 Å². The van der Waals surface area contributed by atoms with Gasteiger partial charge in [0.15, 0.2) is 6.04 Å². The van der Waals surface area contributed by atoms with Crippen molar-refractivity contribution in [2.45, 2.75) is 38.6 Å². The first kappa shape index (κ1) is 16.9. The molecule has 2 unspecified atom stereocenters. The normalized spacial score (nSPS) is 13.9. The number of aliphatic carboxylic acids is 1. The summed E-state index contributed by atoms with van der Waals surface area (Å²) in [6, 6.07) is -0.975. The molecule has 0 aliphatic heterocycles. The van der Waals surface area contributed by atoms with Crippen LogP contribution in [0.3, 0.4) is 0 Å². The number of ether oxygens (including phenoxy) is 1. The lowest BCUT2D eigenvalue weighted by Gasteiger charge is -2.16. The van der Waals surface area contributed by atoms with E-state index in [0.29, 0.717) is 18.9 Å². The van der Waals surface area contributed by atoms with Crippen LogP contribution in [0, 0.1) is 5.92 Å². The number of rotatable bonds is 10. The average Bonchev–Trinajstić information content (AvgIpc) is 2.33. The molecule has 0 aromatic heterocycles. The van der Waals surface area contributed by atoms with E-state index < -0.39 is 12.0 Å². The van der Waals surface area contributed by atoms with Gasteiger partial charge in [0.1, 0.15) is 0 Å². The Morgan fingerprint density at radius 1 is 1.39 bits per heavy atom. The number of hydrogen-bond acceptors (Lipinski definition) is 4. The summed E-state index contributed by atoms with van der Waals surface area (Å²) in [5, 5.41) is 11.3. The summed E-state index contributed by atoms with van der Waals surface area (Å²) in [6.07, 6.45) is 2.93. The third-order valence-electron chi connectivity index (χ3n) is 2.90. The smallest absolute Gasteiger partial charge is 0.328 e. The van der Waals surface area contributed by atoms with E-state index in [9.17, 15) is 9.59 Å². The van der Waals surface area contributed by atoms with Gasteiger partial charge >= 0.3 is 5.97 Å². The standard InChI is InChI=1S/C12H24N2O4/c1-3-9(6-7-13)4-5-11(15)14-10(8-18-2)12(16)17/h9-10H,3-8,13H2,1-2H3,(H,14,15)(H,16,17). The number of hydrogen-bond donors (Lipinski definition) is 3. The van der Waals surface area contributed by atoms with E-state index in [1.165, 1.54) is 7.11 Å². The van der Waals surface area contributed by atoms with Gasteiger partial charge in [-0.3, -0.25) is 4.79 Å². The van der Waals surface area contributed by atoms with Gasteiger partial charge in [-0.25, -0.2) is 4.79 Å². The zero-order chi connectivity index (χ0) is 14.0. The van der Waals surface area contributed by atoms with Gasteiger partial charge < -0.3 is 20.9 Å². The minimum atomic E-state index is -1.08. The Balaban J connectivity index is 4.04. The molecule has 0 heterocycles. The molecule has 0 saturated carbocycles. The van der Waals surface area contributed by atoms with Crippen molar-refractivity contribution in [1.82, 2.24) is 5.32 Å². The maximum absolute atomic E-state index is 11.6. The number of amides is 1. The van der Waals surface area contributed by atoms with Gasteiger partial charge in [0.2, 0.25) is 5.91 Å². The van der Waals surface area contributed by atoms with Crippen molar-refractivity contribution in [2.24, 2.45) is 11.7 Å². The third kappa shape index (κ3) is 7.24. The molecule has 0 spiro atoms. The summed E-state index contributed by atoms with van der Waals surface area (Å²) in [4.78, 5) is 22.4. The molecule has 0 aliphatic rings. The number of carbonyl (C=O) groups is 2. The molecule has 0 bridgehead atoms. The molecule has 0 saturated heterocycles. The molecular weight excluding hydrogens is 236 g/mol. The van der Waals surface area contributed by atoms with Crippen LogP contribution in [0.4, 0.5) is 0 Å². The van der Waals surface area contributed by atoms with Crippen LogP contribution in [0.25, 0.3) is 0 Å². The van der Waals surface area contributed by atoms with Crippen LogP contribution in [0.15, 0.2) is 0 Å². The van der Waals surface area contributed by atoms with Crippen molar-refractivity contribution in [3.63, 3.8) is 0 Å². The Morgan fingerprint density at radius 3 is 2.50 bits per heavy atom. The molecule has 6 heteroatoms. The van der Waals surface area contributed by atoms with Gasteiger partial charge in [0.05, 0.1) is 6.61 Å². The van der Waals surface area contributed by atoms with Crippen molar-refractivity contribution in [1.29, 1.82) is 0 Å². The summed E-state index contributed by atoms with van der Waals surface area (Å²) in [6.45, 7) is 2.64. The molecule has 1 amide bonds. The highest BCUT2D eigenvalue weighted by atomic mass is 16.5. The van der Waals surface area contributed by atoms with Crippen molar-refractivity contribution in [2.75, 3.05) is 20.3 Å². The molecule has 6 nitrogen and oxygen atoms in total. The quantitative estimate of drug-likeness (QED) is 0.526. The number of nitrogens with one attached hydrogen (secondary N) is 1. The zero-order valence-electron chi connectivity index (χ0n) is 11.1. The second-order valence-electron chi connectivity index (χ2n) is 4.30. The van der Waals surface area contributed by atoms with Crippen LogP contribution >= 0.6 is 0 Å². The second-order valence-corrected chi connectivity index (χ2v) is 4.30. The number of carboxylic acid groups (broad SMARTS) is 1. The van der Waals surface area contributed by atoms with Gasteiger partial charge in [0, 0.05) is 13.5 Å². The first-order valence-corrected chi connectivity index (χ1v) is 6.26. The molecule has 2 atom stereocenters. The Bertz CT molecular complexity index is 258. The topological polar surface area (TPSA) is 102 Å². The Morgan fingerprint density at radius 2 is 2.06 bits per heavy atom. The van der Waals surface area contributed by atoms with Gasteiger partial charge in [-0.05, 0) is 25.3 Å². The minimum Gasteiger partial charge on any atom is -0.480 e. The maximum atomic E-state index is 11.6. The lowest BCUT2D eigenvalue weighted by molar-refractivity contribution is -0.143. The Labute approximate surface area is 108 Å². The molecule has 0 aromatic carbocycles. The highest BCUT2D eigenvalue weighted by Gasteiger charge is 2.19. The molecule has 0 aromatic rings. The van der Waals surface area contributed by atoms with Crippen LogP contribution in [0.5, 0.6) is 0 Å². The lowest BCUT2D eigenvalue weighted by atomic mass is 9.96. The molecule has 0 aliphatic carbocycles. The van der Waals surface area contributed by atoms with Crippen LogP contribution in [-0.2, 0) is 14.3 Å². The number of nitrogens with two attached hydrogens (primary N) is 1. The van der Waals surface area contributed by atoms with E-state index in [1.54, 1.807) is 0 Å². The Kier molecular flexibility index (Phi) is 9.22. The van der Waals surface area contributed by atoms with Gasteiger partial charge in [0.25, 0.3) is 0 Å². The van der Waals surface area contributed by atoms with Crippen LogP contribution in [0.2, 0.25) is 0 Å². The highest BCUT2D eigenvalue weighted by Crippen LogP contribution is 2.14. The van der Waals surface area contributed by atoms with Crippen molar-refractivity contribution >= 4 is 11.9 Å². The molecular formula is C12H24N2O4. The van der Waals surface area contributed by atoms with E-state index in [2.05, 4.69) is 12.2 Å². The number of methoxy groups -OCH3 is 1. The predicted molar refractivity (Wildman–Crippen MR) is 68.1 cm³/mol. The largest absolute Gasteiger partial charge is 0.480 e. The maximum Gasteiger partial charge on any atom is 0.328 e.